The van der Waals surface area contributed by atoms with Crippen molar-refractivity contribution < 1.29 is 75.1 Å². The molecule has 0 unspecified atom stereocenters. The molecule has 0 spiro atoms. The Bertz CT molecular complexity index is 881. The van der Waals surface area contributed by atoms with Crippen LogP contribution in [0.3, 0.4) is 0 Å². The molecule has 0 amide bonds. The molecule has 4 rings (SSSR count). The smallest absolute Gasteiger partial charge is 1.00 e. The Labute approximate surface area is 210 Å². The van der Waals surface area contributed by atoms with E-state index in [4.69, 9.17) is 19.2 Å². The molecule has 0 heterocycles. The number of aliphatic hydroxyl groups excluding tert-OH is 2. The number of carbonyl (C=O) groups is 2. The molecule has 7 atom stereocenters. The van der Waals surface area contributed by atoms with Crippen molar-refractivity contribution in [3.63, 3.8) is 0 Å². The summed E-state index contributed by atoms with van der Waals surface area (Å²) < 4.78 is 8.88. The summed E-state index contributed by atoms with van der Waals surface area (Å²) in [5, 5.41) is 31.7. The van der Waals surface area contributed by atoms with E-state index >= 15 is 0 Å². The topological polar surface area (TPSA) is 173 Å². The molecule has 3 saturated carbocycles. The molecule has 11 heteroatoms. The second kappa shape index (κ2) is 9.46. The minimum Gasteiger partial charge on any atom is -1.00 e. The van der Waals surface area contributed by atoms with Crippen LogP contribution in [0.4, 0.5) is 0 Å². The maximum atomic E-state index is 12.4. The van der Waals surface area contributed by atoms with Gasteiger partial charge in [0.2, 0.25) is 0 Å². The first-order valence-corrected chi connectivity index (χ1v) is 12.0. The molecule has 0 saturated heterocycles. The van der Waals surface area contributed by atoms with Gasteiger partial charge in [-0.2, -0.15) is 0 Å². The summed E-state index contributed by atoms with van der Waals surface area (Å²) in [6.45, 7) is 3.34. The van der Waals surface area contributed by atoms with E-state index in [9.17, 15) is 24.9 Å². The van der Waals surface area contributed by atoms with Crippen LogP contribution in [-0.2, 0) is 14.2 Å². The van der Waals surface area contributed by atoms with E-state index in [1.807, 2.05) is 13.0 Å². The molecule has 0 aromatic heterocycles. The summed E-state index contributed by atoms with van der Waals surface area (Å²) in [5.41, 5.74) is -1.54. The first-order valence-electron chi connectivity index (χ1n) is 10.4. The van der Waals surface area contributed by atoms with Crippen LogP contribution in [0, 0.1) is 28.6 Å². The maximum Gasteiger partial charge on any atom is 1.00 e. The largest absolute Gasteiger partial charge is 1.00 e. The number of rotatable bonds is 2. The van der Waals surface area contributed by atoms with Crippen molar-refractivity contribution in [3.8, 4) is 0 Å². The van der Waals surface area contributed by atoms with Gasteiger partial charge in [0.25, 0.3) is 0 Å². The van der Waals surface area contributed by atoms with Gasteiger partial charge in [-0.15, -0.1) is 0 Å². The Hall–Kier alpha value is -0.190. The Morgan fingerprint density at radius 1 is 1.25 bits per heavy atom. The van der Waals surface area contributed by atoms with Gasteiger partial charge in [-0.25, -0.2) is 4.57 Å². The molecule has 0 aliphatic heterocycles. The summed E-state index contributed by atoms with van der Waals surface area (Å²) in [4.78, 5) is 45.7. The second-order valence-electron chi connectivity index (χ2n) is 9.71. The fourth-order valence-corrected chi connectivity index (χ4v) is 6.92. The number of hydrogen-bond acceptors (Lipinski definition) is 6. The third-order valence-electron chi connectivity index (χ3n) is 8.25. The Kier molecular flexibility index (Phi) is 8.29. The van der Waals surface area contributed by atoms with Gasteiger partial charge in [0, 0.05) is 16.7 Å². The van der Waals surface area contributed by atoms with Crippen LogP contribution in [0.2, 0.25) is 0 Å². The van der Waals surface area contributed by atoms with Gasteiger partial charge < -0.3 is 31.4 Å². The molecule has 9 nitrogen and oxygen atoms in total. The van der Waals surface area contributed by atoms with Crippen molar-refractivity contribution in [2.75, 3.05) is 6.61 Å². The molecular formula is C21H32NaO9P. The standard InChI is InChI=1S/C21H28O5.Na.H3O4P.H/c1-19-7-5-13(23)9-12(19)3-4-14-15-6-8-21(26,17(25)11-22)20(15,2)10-16(24)18(14)19;;1-5(2,3)4;/h5,7,9,14-16,18,22,24,26H,3-4,6,8,10-11H2,1-2H3;;(H3,1,2,3,4);/q;+1;;-1/t14-,15-,16-,18+,19-,20-,21-;;;/m0.../s1. The molecule has 0 aromatic rings. The van der Waals surface area contributed by atoms with E-state index < -0.39 is 37.3 Å². The summed E-state index contributed by atoms with van der Waals surface area (Å²) in [6.07, 6.45) is 7.68. The molecule has 4 aliphatic carbocycles. The number of Topliss-reactive ketones (excluding diaryl/α,β-unsaturated/α-hetero) is 1. The van der Waals surface area contributed by atoms with Gasteiger partial charge in [-0.3, -0.25) is 9.59 Å². The minimum absolute atomic E-state index is 0. The van der Waals surface area contributed by atoms with E-state index in [2.05, 4.69) is 6.92 Å². The van der Waals surface area contributed by atoms with Crippen LogP contribution < -0.4 is 29.6 Å². The number of ketones is 2. The summed E-state index contributed by atoms with van der Waals surface area (Å²) in [6, 6.07) is 0. The fraction of sp³-hybridized carbons (Fsp3) is 0.714. The van der Waals surface area contributed by atoms with Crippen LogP contribution >= 0.6 is 7.82 Å². The van der Waals surface area contributed by atoms with Crippen molar-refractivity contribution in [1.29, 1.82) is 0 Å². The maximum absolute atomic E-state index is 12.4. The van der Waals surface area contributed by atoms with Crippen LogP contribution in [0.1, 0.15) is 47.4 Å². The Morgan fingerprint density at radius 3 is 2.41 bits per heavy atom. The number of hydrogen-bond donors (Lipinski definition) is 6. The van der Waals surface area contributed by atoms with Crippen molar-refractivity contribution in [2.24, 2.45) is 28.6 Å². The van der Waals surface area contributed by atoms with E-state index in [1.165, 1.54) is 0 Å². The summed E-state index contributed by atoms with van der Waals surface area (Å²) in [5.74, 6) is -0.227. The van der Waals surface area contributed by atoms with Gasteiger partial charge in [0.1, 0.15) is 12.2 Å². The fourth-order valence-electron chi connectivity index (χ4n) is 6.92. The predicted octanol–water partition coefficient (Wildman–Crippen LogP) is -2.25. The SMILES string of the molecule is C[C@]12C=CC(=O)C=C1CC[C@@H]1[C@@H]2[C@@H](O)C[C@@]2(C)[C@H]1CC[C@]2(O)C(=O)CO.O=P(O)(O)O.[H-].[Na+]. The third-order valence-corrected chi connectivity index (χ3v) is 8.25. The second-order valence-corrected chi connectivity index (χ2v) is 10.7. The summed E-state index contributed by atoms with van der Waals surface area (Å²) in [7, 11) is -4.64. The molecule has 32 heavy (non-hydrogen) atoms. The minimum atomic E-state index is -4.64. The molecule has 6 N–H and O–H groups in total. The van der Waals surface area contributed by atoms with Gasteiger partial charge in [0.15, 0.2) is 11.6 Å². The van der Waals surface area contributed by atoms with Gasteiger partial charge >= 0.3 is 37.4 Å². The third kappa shape index (κ3) is 4.67. The molecule has 0 radical (unpaired) electrons. The van der Waals surface area contributed by atoms with E-state index in [1.54, 1.807) is 12.2 Å². The molecule has 4 aliphatic rings. The zero-order valence-electron chi connectivity index (χ0n) is 19.6. The van der Waals surface area contributed by atoms with Gasteiger partial charge in [-0.1, -0.05) is 25.5 Å². The van der Waals surface area contributed by atoms with Crippen LogP contribution in [0.5, 0.6) is 0 Å². The number of carbonyl (C=O) groups excluding carboxylic acids is 2. The van der Waals surface area contributed by atoms with Crippen molar-refractivity contribution in [3.05, 3.63) is 23.8 Å². The van der Waals surface area contributed by atoms with Crippen LogP contribution in [0.15, 0.2) is 23.8 Å². The number of phosphoric acid groups is 1. The Morgan fingerprint density at radius 2 is 1.84 bits per heavy atom. The van der Waals surface area contributed by atoms with Crippen molar-refractivity contribution in [2.45, 2.75) is 57.7 Å². The average molecular weight is 482 g/mol. The average Bonchev–Trinajstić information content (AvgIpc) is 2.91. The normalized spacial score (nSPS) is 42.4. The summed E-state index contributed by atoms with van der Waals surface area (Å²) >= 11 is 0. The molecule has 0 aromatic carbocycles. The molecule has 3 fully saturated rings. The predicted molar refractivity (Wildman–Crippen MR) is 110 cm³/mol. The van der Waals surface area contributed by atoms with E-state index in [-0.39, 0.29) is 59.9 Å². The quantitative estimate of drug-likeness (QED) is 0.188. The van der Waals surface area contributed by atoms with Crippen molar-refractivity contribution in [1.82, 2.24) is 0 Å². The molecule has 0 bridgehead atoms. The molecule has 176 valence electrons. The van der Waals surface area contributed by atoms with Crippen LogP contribution in [-0.4, -0.2) is 59.9 Å². The zero-order valence-corrected chi connectivity index (χ0v) is 21.5. The van der Waals surface area contributed by atoms with Crippen LogP contribution in [0.25, 0.3) is 0 Å². The van der Waals surface area contributed by atoms with Gasteiger partial charge in [-0.05, 0) is 56.1 Å². The van der Waals surface area contributed by atoms with E-state index in [0.29, 0.717) is 12.8 Å². The zero-order chi connectivity index (χ0) is 23.4. The molecular weight excluding hydrogens is 450 g/mol. The first-order chi connectivity index (χ1) is 14.2. The Balaban J connectivity index is 0.000000707. The van der Waals surface area contributed by atoms with Gasteiger partial charge in [0.05, 0.1) is 6.10 Å². The monoisotopic (exact) mass is 482 g/mol. The number of fused-ring (bicyclic) bond motifs is 5. The number of aliphatic hydroxyl groups is 3. The first kappa shape index (κ1) is 28.1. The van der Waals surface area contributed by atoms with E-state index in [0.717, 1.165) is 24.8 Å². The number of allylic oxidation sites excluding steroid dienone is 4. The van der Waals surface area contributed by atoms with Crippen molar-refractivity contribution >= 4 is 19.4 Å².